The van der Waals surface area contributed by atoms with Crippen LogP contribution in [0.15, 0.2) is 46.9 Å². The number of phenolic OH excluding ortho intramolecular Hbond substituents is 1. The third kappa shape index (κ3) is 2.38. The maximum Gasteiger partial charge on any atom is 0.341 e. The molecule has 106 valence electrons. The van der Waals surface area contributed by atoms with Crippen molar-refractivity contribution in [2.24, 2.45) is 0 Å². The van der Waals surface area contributed by atoms with Gasteiger partial charge in [-0.1, -0.05) is 18.2 Å². The summed E-state index contributed by atoms with van der Waals surface area (Å²) in [5.41, 5.74) is 1.70. The second kappa shape index (κ2) is 5.16. The minimum absolute atomic E-state index is 0.0682. The zero-order valence-corrected chi connectivity index (χ0v) is 11.2. The molecule has 0 unspecified atom stereocenters. The zero-order valence-electron chi connectivity index (χ0n) is 11.2. The van der Waals surface area contributed by atoms with E-state index in [1.807, 2.05) is 18.2 Å². The van der Waals surface area contributed by atoms with E-state index < -0.39 is 5.97 Å². The van der Waals surface area contributed by atoms with Crippen molar-refractivity contribution in [1.29, 1.82) is 0 Å². The molecule has 0 saturated carbocycles. The lowest BCUT2D eigenvalue weighted by atomic mass is 10.1. The lowest BCUT2D eigenvalue weighted by Crippen LogP contribution is -2.03. The van der Waals surface area contributed by atoms with Crippen LogP contribution in [-0.2, 0) is 4.74 Å². The monoisotopic (exact) mass is 284 g/mol. The van der Waals surface area contributed by atoms with Crippen molar-refractivity contribution in [3.05, 3.63) is 48.0 Å². The highest BCUT2D eigenvalue weighted by atomic mass is 16.5. The van der Waals surface area contributed by atoms with Gasteiger partial charge in [-0.2, -0.15) is 4.98 Å². The van der Waals surface area contributed by atoms with Crippen LogP contribution in [0, 0.1) is 0 Å². The van der Waals surface area contributed by atoms with Gasteiger partial charge in [0.15, 0.2) is 11.3 Å². The molecule has 0 radical (unpaired) electrons. The summed E-state index contributed by atoms with van der Waals surface area (Å²) < 4.78 is 10.1. The Hall–Kier alpha value is -3.02. The predicted molar refractivity (Wildman–Crippen MR) is 76.7 cm³/mol. The van der Waals surface area contributed by atoms with Crippen LogP contribution < -0.4 is 5.32 Å². The molecule has 0 saturated heterocycles. The maximum atomic E-state index is 11.5. The van der Waals surface area contributed by atoms with Crippen LogP contribution in [-0.4, -0.2) is 23.2 Å². The summed E-state index contributed by atoms with van der Waals surface area (Å²) in [6, 6.07) is 12.2. The van der Waals surface area contributed by atoms with Crippen molar-refractivity contribution in [2.45, 2.75) is 0 Å². The molecule has 0 aliphatic carbocycles. The number of rotatable bonds is 3. The van der Waals surface area contributed by atoms with Crippen molar-refractivity contribution < 1.29 is 19.1 Å². The fraction of sp³-hybridized carbons (Fsp3) is 0.0667. The summed E-state index contributed by atoms with van der Waals surface area (Å²) in [5.74, 6) is -0.833. The summed E-state index contributed by atoms with van der Waals surface area (Å²) >= 11 is 0. The van der Waals surface area contributed by atoms with Gasteiger partial charge in [-0.3, -0.25) is 0 Å². The fourth-order valence-corrected chi connectivity index (χ4v) is 1.96. The van der Waals surface area contributed by atoms with Crippen LogP contribution in [0.25, 0.3) is 11.1 Å². The van der Waals surface area contributed by atoms with E-state index >= 15 is 0 Å². The number of ether oxygens (including phenoxy) is 1. The lowest BCUT2D eigenvalue weighted by molar-refractivity contribution is 0.0597. The Morgan fingerprint density at radius 1 is 1.24 bits per heavy atom. The predicted octanol–water partition coefficient (Wildman–Crippen LogP) is 3.06. The summed E-state index contributed by atoms with van der Waals surface area (Å²) in [4.78, 5) is 15.8. The highest BCUT2D eigenvalue weighted by molar-refractivity contribution is 5.94. The molecule has 0 amide bonds. The van der Waals surface area contributed by atoms with Crippen LogP contribution >= 0.6 is 0 Å². The lowest BCUT2D eigenvalue weighted by Gasteiger charge is -2.08. The minimum atomic E-state index is -0.617. The number of oxazole rings is 1. The van der Waals surface area contributed by atoms with Crippen molar-refractivity contribution in [3.8, 4) is 5.75 Å². The topological polar surface area (TPSA) is 84.6 Å². The number of carbonyl (C=O) groups excluding carboxylic acids is 1. The van der Waals surface area contributed by atoms with E-state index in [1.54, 1.807) is 18.2 Å². The normalized spacial score (nSPS) is 10.5. The van der Waals surface area contributed by atoms with Crippen LogP contribution in [0.3, 0.4) is 0 Å². The van der Waals surface area contributed by atoms with E-state index in [4.69, 9.17) is 4.42 Å². The highest BCUT2D eigenvalue weighted by Crippen LogP contribution is 2.31. The van der Waals surface area contributed by atoms with E-state index in [1.165, 1.54) is 13.2 Å². The number of nitrogens with one attached hydrogen (secondary N) is 1. The molecule has 2 N–H and O–H groups in total. The molecule has 3 aromatic rings. The third-order valence-electron chi connectivity index (χ3n) is 2.98. The fourth-order valence-electron chi connectivity index (χ4n) is 1.96. The van der Waals surface area contributed by atoms with Crippen LogP contribution in [0.2, 0.25) is 0 Å². The standard InChI is InChI=1S/C15H12N2O4/c1-20-14(19)9-5-4-7-11(13(9)18)17-15-16-10-6-2-3-8-12(10)21-15/h2-8,18H,1H3,(H,16,17). The third-order valence-corrected chi connectivity index (χ3v) is 2.98. The van der Waals surface area contributed by atoms with E-state index in [9.17, 15) is 9.90 Å². The maximum absolute atomic E-state index is 11.5. The Morgan fingerprint density at radius 2 is 2.05 bits per heavy atom. The summed E-state index contributed by atoms with van der Waals surface area (Å²) in [6.07, 6.45) is 0. The smallest absolute Gasteiger partial charge is 0.341 e. The quantitative estimate of drug-likeness (QED) is 0.568. The second-order valence-corrected chi connectivity index (χ2v) is 4.31. The number of aromatic nitrogens is 1. The molecule has 6 nitrogen and oxygen atoms in total. The van der Waals surface area contributed by atoms with Gasteiger partial charge in [0.05, 0.1) is 12.8 Å². The first-order valence-electron chi connectivity index (χ1n) is 6.22. The summed E-state index contributed by atoms with van der Waals surface area (Å²) in [6.45, 7) is 0. The molecule has 1 heterocycles. The second-order valence-electron chi connectivity index (χ2n) is 4.31. The van der Waals surface area contributed by atoms with Gasteiger partial charge in [-0.15, -0.1) is 0 Å². The van der Waals surface area contributed by atoms with E-state index in [0.717, 1.165) is 0 Å². The number of hydrogen-bond acceptors (Lipinski definition) is 6. The molecule has 1 aromatic heterocycles. The number of anilines is 2. The number of methoxy groups -OCH3 is 1. The van der Waals surface area contributed by atoms with Gasteiger partial charge < -0.3 is 19.6 Å². The Bertz CT molecular complexity index is 777. The molecule has 2 aromatic carbocycles. The van der Waals surface area contributed by atoms with Crippen LogP contribution in [0.5, 0.6) is 5.75 Å². The van der Waals surface area contributed by atoms with Crippen molar-refractivity contribution >= 4 is 28.8 Å². The SMILES string of the molecule is COC(=O)c1cccc(Nc2nc3ccccc3o2)c1O. The molecule has 0 aliphatic heterocycles. The first kappa shape index (κ1) is 13.0. The van der Waals surface area contributed by atoms with Gasteiger partial charge in [-0.25, -0.2) is 4.79 Å². The van der Waals surface area contributed by atoms with Gasteiger partial charge >= 0.3 is 5.97 Å². The minimum Gasteiger partial charge on any atom is -0.505 e. The van der Waals surface area contributed by atoms with Crippen LogP contribution in [0.4, 0.5) is 11.7 Å². The Kier molecular flexibility index (Phi) is 3.19. The van der Waals surface area contributed by atoms with Gasteiger partial charge in [-0.05, 0) is 24.3 Å². The molecule has 21 heavy (non-hydrogen) atoms. The Balaban J connectivity index is 1.96. The Labute approximate surface area is 120 Å². The van der Waals surface area contributed by atoms with E-state index in [-0.39, 0.29) is 17.3 Å². The zero-order chi connectivity index (χ0) is 14.8. The molecule has 0 atom stereocenters. The Morgan fingerprint density at radius 3 is 2.81 bits per heavy atom. The summed E-state index contributed by atoms with van der Waals surface area (Å²) in [7, 11) is 1.25. The first-order chi connectivity index (χ1) is 10.2. The number of hydrogen-bond donors (Lipinski definition) is 2. The molecule has 3 rings (SSSR count). The van der Waals surface area contributed by atoms with Crippen molar-refractivity contribution in [1.82, 2.24) is 4.98 Å². The number of benzene rings is 2. The van der Waals surface area contributed by atoms with Gasteiger partial charge in [0, 0.05) is 0 Å². The highest BCUT2D eigenvalue weighted by Gasteiger charge is 2.16. The number of esters is 1. The number of fused-ring (bicyclic) bond motifs is 1. The van der Waals surface area contributed by atoms with Crippen molar-refractivity contribution in [3.63, 3.8) is 0 Å². The van der Waals surface area contributed by atoms with Crippen molar-refractivity contribution in [2.75, 3.05) is 12.4 Å². The largest absolute Gasteiger partial charge is 0.505 e. The summed E-state index contributed by atoms with van der Waals surface area (Å²) in [5, 5.41) is 12.9. The number of aromatic hydroxyl groups is 1. The van der Waals surface area contributed by atoms with E-state index in [0.29, 0.717) is 16.8 Å². The number of carbonyl (C=O) groups is 1. The van der Waals surface area contributed by atoms with Gasteiger partial charge in [0.1, 0.15) is 11.1 Å². The average Bonchev–Trinajstić information content (AvgIpc) is 2.91. The molecule has 0 aliphatic rings. The molecule has 6 heteroatoms. The molecule has 0 fully saturated rings. The molecular formula is C15H12N2O4. The van der Waals surface area contributed by atoms with Gasteiger partial charge in [0.25, 0.3) is 6.01 Å². The number of para-hydroxylation sites is 3. The average molecular weight is 284 g/mol. The van der Waals surface area contributed by atoms with Crippen LogP contribution in [0.1, 0.15) is 10.4 Å². The number of phenols is 1. The first-order valence-corrected chi connectivity index (χ1v) is 6.22. The van der Waals surface area contributed by atoms with E-state index in [2.05, 4.69) is 15.0 Å². The molecule has 0 spiro atoms. The van der Waals surface area contributed by atoms with Gasteiger partial charge in [0.2, 0.25) is 0 Å². The molecule has 0 bridgehead atoms. The number of nitrogens with zero attached hydrogens (tertiary/aromatic N) is 1. The molecular weight excluding hydrogens is 272 g/mol.